The second-order valence-corrected chi connectivity index (χ2v) is 38.9. The first-order valence-corrected chi connectivity index (χ1v) is 49.2. The van der Waals surface area contributed by atoms with Crippen LogP contribution in [-0.4, -0.2) is 195 Å². The van der Waals surface area contributed by atoms with Crippen LogP contribution in [0.5, 0.6) is 23.0 Å². The predicted octanol–water partition coefficient (Wildman–Crippen LogP) is 13.1. The van der Waals surface area contributed by atoms with Gasteiger partial charge in [0.05, 0.1) is 78.0 Å². The molecule has 28 rings (SSSR count). The number of thioether (sulfide) groups is 2. The highest BCUT2D eigenvalue weighted by molar-refractivity contribution is 7.98. The normalized spacial score (nSPS) is 20.8. The number of halogens is 4. The van der Waals surface area contributed by atoms with E-state index in [1.807, 2.05) is 116 Å². The molecule has 6 aromatic heterocycles. The number of carbonyl (C=O) groups is 4. The maximum Gasteiger partial charge on any atom is 0.278 e. The van der Waals surface area contributed by atoms with Crippen LogP contribution < -0.4 is 41.8 Å². The van der Waals surface area contributed by atoms with E-state index in [-0.39, 0.29) is 97.2 Å². The fraction of sp³-hybridized carbons (Fsp3) is 0.222. The topological polar surface area (TPSA) is 310 Å². The van der Waals surface area contributed by atoms with E-state index in [4.69, 9.17) is 18.9 Å². The van der Waals surface area contributed by atoms with Crippen molar-refractivity contribution in [2.75, 3.05) is 99.1 Å². The third kappa shape index (κ3) is 14.0. The van der Waals surface area contributed by atoms with Gasteiger partial charge in [-0.1, -0.05) is 158 Å². The van der Waals surface area contributed by atoms with E-state index < -0.39 is 117 Å². The van der Waals surface area contributed by atoms with Gasteiger partial charge < -0.3 is 68.1 Å². The van der Waals surface area contributed by atoms with Crippen molar-refractivity contribution < 1.29 is 76.1 Å². The lowest BCUT2D eigenvalue weighted by Gasteiger charge is -2.52. The maximum atomic E-state index is 15.2. The van der Waals surface area contributed by atoms with Crippen molar-refractivity contribution in [3.63, 3.8) is 0 Å². The van der Waals surface area contributed by atoms with E-state index in [0.29, 0.717) is 63.9 Å². The number of rotatable bonds is 4. The number of hydrogen-bond donors (Lipinski definition) is 4. The molecular formula is C108H86F4N14O16S2. The molecule has 16 aromatic rings. The molecule has 12 aliphatic rings. The van der Waals surface area contributed by atoms with Gasteiger partial charge in [0.1, 0.15) is 36.7 Å². The fourth-order valence-corrected chi connectivity index (χ4v) is 25.3. The Balaban J connectivity index is 0.000000101. The van der Waals surface area contributed by atoms with E-state index in [0.717, 1.165) is 88.9 Å². The molecule has 10 aromatic carbocycles. The average molecular weight is 1980 g/mol. The van der Waals surface area contributed by atoms with Crippen LogP contribution in [0.2, 0.25) is 0 Å². The Morgan fingerprint density at radius 2 is 0.590 bits per heavy atom. The van der Waals surface area contributed by atoms with Crippen molar-refractivity contribution in [3.8, 4) is 23.0 Å². The number of para-hydroxylation sites is 2. The molecule has 30 nitrogen and oxygen atoms in total. The van der Waals surface area contributed by atoms with Gasteiger partial charge >= 0.3 is 0 Å². The Bertz CT molecular complexity index is 7940. The Morgan fingerprint density at radius 1 is 0.299 bits per heavy atom. The first kappa shape index (κ1) is 89.5. The van der Waals surface area contributed by atoms with Gasteiger partial charge in [-0.3, -0.25) is 77.1 Å². The zero-order chi connectivity index (χ0) is 98.2. The van der Waals surface area contributed by atoms with Gasteiger partial charge in [0, 0.05) is 130 Å². The summed E-state index contributed by atoms with van der Waals surface area (Å²) in [6, 6.07) is 69.9. The van der Waals surface area contributed by atoms with Gasteiger partial charge in [0.15, 0.2) is 69.0 Å². The SMILES string of the molecule is O=C1c2c(O)c(=O)ccn2N(C2c3ccc(F)c(F)c3Cn3c2cc2ccccc23)C2COCCN12.O=C1c2c(O)c(=O)ccn2N(C2c3ccccc3SCc3c2ccc2ccccc32)C2COCCN12.O=C1c2c(O)c(=O)ccn2N([C@@H]2c3ccccc3SCc3c2ccc2ccccc32)[C@@H]2COCCN12.O=C1c2c(O)c(=O)ccn2N([C@H]2c3ccc(F)c(F)c3Cn3c2cc2ccccc23)[C@@H]2COCCN12. The number of fused-ring (bicyclic) bond motifs is 24. The molecule has 4 amide bonds. The minimum absolute atomic E-state index is 0.00243. The number of benzene rings is 10. The van der Waals surface area contributed by atoms with Crippen molar-refractivity contribution in [1.82, 2.24) is 47.4 Å². The molecule has 12 aliphatic heterocycles. The number of aromatic hydroxyl groups is 4. The molecule has 0 saturated carbocycles. The Kier molecular flexibility index (Phi) is 21.8. The molecule has 8 atom stereocenters. The van der Waals surface area contributed by atoms with Gasteiger partial charge in [-0.05, 0) is 125 Å². The van der Waals surface area contributed by atoms with Crippen molar-refractivity contribution in [3.05, 3.63) is 409 Å². The number of nitrogens with zero attached hydrogens (tertiary/aromatic N) is 14. The van der Waals surface area contributed by atoms with E-state index >= 15 is 8.78 Å². The zero-order valence-electron chi connectivity index (χ0n) is 76.5. The summed E-state index contributed by atoms with van der Waals surface area (Å²) in [7, 11) is 0. The zero-order valence-corrected chi connectivity index (χ0v) is 78.1. The minimum Gasteiger partial charge on any atom is -0.502 e. The highest BCUT2D eigenvalue weighted by Crippen LogP contribution is 2.52. The molecule has 18 heterocycles. The van der Waals surface area contributed by atoms with E-state index in [2.05, 4.69) is 94.9 Å². The summed E-state index contributed by atoms with van der Waals surface area (Å²) in [6.07, 6.45) is 4.03. The van der Waals surface area contributed by atoms with Crippen molar-refractivity contribution >= 4 is 90.5 Å². The second-order valence-electron chi connectivity index (χ2n) is 36.9. The molecule has 36 heteroatoms. The van der Waals surface area contributed by atoms with Gasteiger partial charge in [0.2, 0.25) is 21.7 Å². The van der Waals surface area contributed by atoms with E-state index in [9.17, 15) is 67.6 Å². The lowest BCUT2D eigenvalue weighted by molar-refractivity contribution is -0.0201. The summed E-state index contributed by atoms with van der Waals surface area (Å²) in [5.74, 6) is -6.14. The lowest BCUT2D eigenvalue weighted by Crippen LogP contribution is -2.66. The number of morpholine rings is 4. The third-order valence-corrected chi connectivity index (χ3v) is 31.8. The summed E-state index contributed by atoms with van der Waals surface area (Å²) < 4.78 is 92.7. The predicted molar refractivity (Wildman–Crippen MR) is 527 cm³/mol. The van der Waals surface area contributed by atoms with Gasteiger partial charge in [-0.25, -0.2) is 17.6 Å². The number of ether oxygens (including phenoxy) is 4. The number of pyridine rings is 4. The second kappa shape index (κ2) is 35.1. The molecule has 0 aliphatic carbocycles. The molecule has 4 saturated heterocycles. The molecule has 4 unspecified atom stereocenters. The fourth-order valence-electron chi connectivity index (χ4n) is 23.1. The van der Waals surface area contributed by atoms with Crippen LogP contribution in [0.15, 0.2) is 284 Å². The third-order valence-electron chi connectivity index (χ3n) is 29.6. The maximum absolute atomic E-state index is 15.2. The molecule has 0 bridgehead atoms. The highest BCUT2D eigenvalue weighted by atomic mass is 32.2. The van der Waals surface area contributed by atoms with Gasteiger partial charge in [-0.2, -0.15) is 0 Å². The quantitative estimate of drug-likeness (QED) is 0.119. The Hall–Kier alpha value is -15.9. The minimum atomic E-state index is -0.939. The number of aromatic nitrogens is 6. The summed E-state index contributed by atoms with van der Waals surface area (Å²) in [5.41, 5.74) is 8.98. The molecule has 0 spiro atoms. The van der Waals surface area contributed by atoms with E-state index in [1.54, 1.807) is 77.0 Å². The molecule has 4 N–H and O–H groups in total. The summed E-state index contributed by atoms with van der Waals surface area (Å²) in [5, 5.41) is 57.3. The first-order valence-electron chi connectivity index (χ1n) is 47.2. The first-order chi connectivity index (χ1) is 70.2. The molecular weight excluding hydrogens is 1890 g/mol. The number of hydrogen-bond acceptors (Lipinski definition) is 22. The van der Waals surface area contributed by atoms with Gasteiger partial charge in [-0.15, -0.1) is 23.5 Å². The van der Waals surface area contributed by atoms with Crippen molar-refractivity contribution in [2.45, 2.75) is 83.2 Å². The standard InChI is InChI=1S/2C28H23N3O4S.2C26H20F2N4O4/c2*32-22-11-12-30-26(27(22)33)28(34)29-13-14-35-15-24(29)31(30)25-19-10-9-17-5-1-2-6-18(17)21(19)16-36-23-8-4-3-7-20(23)25;2*27-17-6-5-15-16(22(17)28)12-30-18-4-2-1-3-14(18)11-19(30)23(15)32-21-13-36-10-9-29(21)26(35)24-25(34)20(33)7-8-31(24)32/h2*1-12,24-25,33H,13-16H2;2*1-8,11,21,23,34H,9-10,12-13H2/t24-,25+;;21-,23+;/m1.1./s1. The van der Waals surface area contributed by atoms with Crippen LogP contribution in [0.25, 0.3) is 43.4 Å². The summed E-state index contributed by atoms with van der Waals surface area (Å²) in [4.78, 5) is 112. The average Bonchev–Trinajstić information content (AvgIpc) is 1.47. The summed E-state index contributed by atoms with van der Waals surface area (Å²) in [6.45, 7) is 3.94. The molecule has 144 heavy (non-hydrogen) atoms. The van der Waals surface area contributed by atoms with Crippen molar-refractivity contribution in [1.29, 1.82) is 0 Å². The molecule has 0 radical (unpaired) electrons. The number of amides is 4. The van der Waals surface area contributed by atoms with Crippen LogP contribution in [0.1, 0.15) is 133 Å². The van der Waals surface area contributed by atoms with Crippen LogP contribution in [0, 0.1) is 23.3 Å². The van der Waals surface area contributed by atoms with Crippen molar-refractivity contribution in [2.24, 2.45) is 0 Å². The largest absolute Gasteiger partial charge is 0.502 e. The smallest absolute Gasteiger partial charge is 0.278 e. The Morgan fingerprint density at radius 3 is 0.938 bits per heavy atom. The van der Waals surface area contributed by atoms with Crippen LogP contribution in [0.3, 0.4) is 0 Å². The lowest BCUT2D eigenvalue weighted by atomic mass is 9.90. The van der Waals surface area contributed by atoms with Crippen LogP contribution in [-0.2, 0) is 43.5 Å². The monoisotopic (exact) mass is 1970 g/mol. The molecule has 4 fully saturated rings. The van der Waals surface area contributed by atoms with Gasteiger partial charge in [0.25, 0.3) is 23.6 Å². The van der Waals surface area contributed by atoms with Crippen LogP contribution in [0.4, 0.5) is 17.6 Å². The molecule has 724 valence electrons. The Labute approximate surface area is 823 Å². The number of carbonyl (C=O) groups excluding carboxylic acids is 4. The van der Waals surface area contributed by atoms with Crippen LogP contribution >= 0.6 is 23.5 Å². The highest BCUT2D eigenvalue weighted by Gasteiger charge is 2.53. The van der Waals surface area contributed by atoms with E-state index in [1.165, 1.54) is 78.7 Å². The summed E-state index contributed by atoms with van der Waals surface area (Å²) >= 11 is 3.61.